The summed E-state index contributed by atoms with van der Waals surface area (Å²) in [5.41, 5.74) is -0.142. The fraction of sp³-hybridized carbons (Fsp3) is 0.400. The minimum atomic E-state index is -4.50. The molecule has 30 heavy (non-hydrogen) atoms. The summed E-state index contributed by atoms with van der Waals surface area (Å²) in [7, 11) is 3.08. The normalized spacial score (nSPS) is 14.6. The van der Waals surface area contributed by atoms with Crippen molar-refractivity contribution in [1.29, 1.82) is 0 Å². The highest BCUT2D eigenvalue weighted by Crippen LogP contribution is 2.34. The number of piperazine rings is 1. The SMILES string of the molecule is COc1ccc(CC(=O)N2CCN(c3ncc(C(F)(F)F)cc3Cl)CC2)c(OC)c1. The first kappa shape index (κ1) is 22.0. The molecule has 2 heterocycles. The summed E-state index contributed by atoms with van der Waals surface area (Å²) in [5, 5.41) is -0.0624. The first-order chi connectivity index (χ1) is 14.2. The van der Waals surface area contributed by atoms with E-state index in [1.165, 1.54) is 7.11 Å². The number of pyridine rings is 1. The molecular weight excluding hydrogens is 423 g/mol. The summed E-state index contributed by atoms with van der Waals surface area (Å²) >= 11 is 6.02. The van der Waals surface area contributed by atoms with Crippen LogP contribution < -0.4 is 14.4 Å². The van der Waals surface area contributed by atoms with Gasteiger partial charge in [-0.25, -0.2) is 4.98 Å². The molecule has 0 spiro atoms. The molecule has 0 radical (unpaired) electrons. The summed E-state index contributed by atoms with van der Waals surface area (Å²) in [5.74, 6) is 1.43. The van der Waals surface area contributed by atoms with Gasteiger partial charge in [0.1, 0.15) is 17.3 Å². The van der Waals surface area contributed by atoms with Crippen LogP contribution >= 0.6 is 11.6 Å². The quantitative estimate of drug-likeness (QED) is 0.706. The Morgan fingerprint density at radius 2 is 1.83 bits per heavy atom. The summed E-state index contributed by atoms with van der Waals surface area (Å²) < 4.78 is 48.9. The van der Waals surface area contributed by atoms with Crippen LogP contribution in [-0.2, 0) is 17.4 Å². The topological polar surface area (TPSA) is 54.9 Å². The maximum atomic E-state index is 12.8. The predicted molar refractivity (Wildman–Crippen MR) is 106 cm³/mol. The minimum absolute atomic E-state index is 0.0624. The zero-order valence-corrected chi connectivity index (χ0v) is 17.3. The highest BCUT2D eigenvalue weighted by molar-refractivity contribution is 6.33. The van der Waals surface area contributed by atoms with Crippen molar-refractivity contribution in [2.24, 2.45) is 0 Å². The molecule has 2 aromatic rings. The van der Waals surface area contributed by atoms with E-state index in [2.05, 4.69) is 4.98 Å². The zero-order valence-electron chi connectivity index (χ0n) is 16.5. The molecule has 1 saturated heterocycles. The molecule has 162 valence electrons. The van der Waals surface area contributed by atoms with Gasteiger partial charge in [0.15, 0.2) is 0 Å². The molecule has 0 bridgehead atoms. The number of rotatable bonds is 5. The van der Waals surface area contributed by atoms with E-state index in [0.717, 1.165) is 17.8 Å². The van der Waals surface area contributed by atoms with Crippen molar-refractivity contribution in [1.82, 2.24) is 9.88 Å². The zero-order chi connectivity index (χ0) is 21.9. The molecule has 0 atom stereocenters. The Kier molecular flexibility index (Phi) is 6.60. The van der Waals surface area contributed by atoms with Crippen molar-refractivity contribution < 1.29 is 27.4 Å². The number of carbonyl (C=O) groups excluding carboxylic acids is 1. The number of alkyl halides is 3. The van der Waals surface area contributed by atoms with Gasteiger partial charge in [0, 0.05) is 44.0 Å². The van der Waals surface area contributed by atoms with Gasteiger partial charge in [-0.3, -0.25) is 4.79 Å². The van der Waals surface area contributed by atoms with Gasteiger partial charge in [0.2, 0.25) is 5.91 Å². The Morgan fingerprint density at radius 3 is 2.40 bits per heavy atom. The summed E-state index contributed by atoms with van der Waals surface area (Å²) in [6, 6.07) is 6.15. The lowest BCUT2D eigenvalue weighted by Gasteiger charge is -2.36. The van der Waals surface area contributed by atoms with E-state index in [1.807, 2.05) is 0 Å². The van der Waals surface area contributed by atoms with E-state index in [-0.39, 0.29) is 23.2 Å². The summed E-state index contributed by atoms with van der Waals surface area (Å²) in [6.45, 7) is 1.67. The number of carbonyl (C=O) groups is 1. The molecule has 1 amide bonds. The Labute approximate surface area is 177 Å². The second-order valence-electron chi connectivity index (χ2n) is 6.75. The molecule has 1 aliphatic heterocycles. The Morgan fingerprint density at radius 1 is 1.13 bits per heavy atom. The molecule has 6 nitrogen and oxygen atoms in total. The standard InChI is InChI=1S/C20H21ClF3N3O3/c1-29-15-4-3-13(17(11-15)30-2)9-18(28)26-5-7-27(8-6-26)19-16(21)10-14(12-25-19)20(22,23)24/h3-4,10-12H,5-9H2,1-2H3. The van der Waals surface area contributed by atoms with Crippen LogP contribution in [-0.4, -0.2) is 56.2 Å². The lowest BCUT2D eigenvalue weighted by Crippen LogP contribution is -2.49. The van der Waals surface area contributed by atoms with Gasteiger partial charge in [-0.15, -0.1) is 0 Å². The van der Waals surface area contributed by atoms with Crippen molar-refractivity contribution in [3.05, 3.63) is 46.6 Å². The average Bonchev–Trinajstić information content (AvgIpc) is 2.73. The van der Waals surface area contributed by atoms with Crippen molar-refractivity contribution in [3.8, 4) is 11.5 Å². The van der Waals surface area contributed by atoms with Crippen LogP contribution in [0.1, 0.15) is 11.1 Å². The van der Waals surface area contributed by atoms with E-state index in [1.54, 1.807) is 35.1 Å². The van der Waals surface area contributed by atoms with Crippen molar-refractivity contribution >= 4 is 23.3 Å². The van der Waals surface area contributed by atoms with Crippen molar-refractivity contribution in [2.75, 3.05) is 45.3 Å². The van der Waals surface area contributed by atoms with Gasteiger partial charge >= 0.3 is 6.18 Å². The van der Waals surface area contributed by atoms with Gasteiger partial charge in [-0.1, -0.05) is 17.7 Å². The van der Waals surface area contributed by atoms with Crippen LogP contribution in [0.2, 0.25) is 5.02 Å². The average molecular weight is 444 g/mol. The third kappa shape index (κ3) is 4.89. The number of halogens is 4. The molecule has 0 N–H and O–H groups in total. The van der Waals surface area contributed by atoms with Crippen molar-refractivity contribution in [3.63, 3.8) is 0 Å². The van der Waals surface area contributed by atoms with Gasteiger partial charge in [0.05, 0.1) is 31.2 Å². The summed E-state index contributed by atoms with van der Waals surface area (Å²) in [6.07, 6.45) is -3.55. The monoisotopic (exact) mass is 443 g/mol. The predicted octanol–water partition coefficient (Wildman–Crippen LogP) is 3.66. The third-order valence-corrected chi connectivity index (χ3v) is 5.20. The number of ether oxygens (including phenoxy) is 2. The van der Waals surface area contributed by atoms with Crippen LogP contribution in [0.4, 0.5) is 19.0 Å². The van der Waals surface area contributed by atoms with Gasteiger partial charge < -0.3 is 19.3 Å². The smallest absolute Gasteiger partial charge is 0.417 e. The molecule has 10 heteroatoms. The number of benzene rings is 1. The summed E-state index contributed by atoms with van der Waals surface area (Å²) in [4.78, 5) is 20.1. The number of hydrogen-bond acceptors (Lipinski definition) is 5. The molecule has 1 fully saturated rings. The Balaban J connectivity index is 1.62. The van der Waals surface area contributed by atoms with E-state index >= 15 is 0 Å². The van der Waals surface area contributed by atoms with Gasteiger partial charge in [-0.2, -0.15) is 13.2 Å². The molecule has 0 aliphatic carbocycles. The largest absolute Gasteiger partial charge is 0.497 e. The highest BCUT2D eigenvalue weighted by Gasteiger charge is 2.32. The number of hydrogen-bond donors (Lipinski definition) is 0. The maximum absolute atomic E-state index is 12.8. The highest BCUT2D eigenvalue weighted by atomic mass is 35.5. The minimum Gasteiger partial charge on any atom is -0.497 e. The maximum Gasteiger partial charge on any atom is 0.417 e. The number of methoxy groups -OCH3 is 2. The molecule has 1 aromatic heterocycles. The number of nitrogens with zero attached hydrogens (tertiary/aromatic N) is 3. The second kappa shape index (κ2) is 8.99. The van der Waals surface area contributed by atoms with Crippen LogP contribution in [0.25, 0.3) is 0 Å². The third-order valence-electron chi connectivity index (χ3n) is 4.92. The fourth-order valence-electron chi connectivity index (χ4n) is 3.26. The van der Waals surface area contributed by atoms with Crippen LogP contribution in [0.3, 0.4) is 0 Å². The Bertz CT molecular complexity index is 916. The van der Waals surface area contributed by atoms with E-state index in [4.69, 9.17) is 21.1 Å². The van der Waals surface area contributed by atoms with Gasteiger partial charge in [0.25, 0.3) is 0 Å². The number of aromatic nitrogens is 1. The number of amides is 1. The molecule has 1 aromatic carbocycles. The molecule has 0 unspecified atom stereocenters. The van der Waals surface area contributed by atoms with Crippen molar-refractivity contribution in [2.45, 2.75) is 12.6 Å². The second-order valence-corrected chi connectivity index (χ2v) is 7.16. The van der Waals surface area contributed by atoms with E-state index < -0.39 is 11.7 Å². The molecule has 1 aliphatic rings. The van der Waals surface area contributed by atoms with E-state index in [0.29, 0.717) is 37.7 Å². The molecule has 0 saturated carbocycles. The molecular formula is C20H21ClF3N3O3. The Hall–Kier alpha value is -2.68. The lowest BCUT2D eigenvalue weighted by atomic mass is 10.1. The fourth-order valence-corrected chi connectivity index (χ4v) is 3.54. The number of anilines is 1. The molecule has 3 rings (SSSR count). The van der Waals surface area contributed by atoms with Crippen LogP contribution in [0.5, 0.6) is 11.5 Å². The lowest BCUT2D eigenvalue weighted by molar-refractivity contribution is -0.137. The first-order valence-electron chi connectivity index (χ1n) is 9.19. The van der Waals surface area contributed by atoms with Crippen LogP contribution in [0, 0.1) is 0 Å². The first-order valence-corrected chi connectivity index (χ1v) is 9.57. The van der Waals surface area contributed by atoms with Gasteiger partial charge in [-0.05, 0) is 12.1 Å². The van der Waals surface area contributed by atoms with Crippen LogP contribution in [0.15, 0.2) is 30.5 Å². The van der Waals surface area contributed by atoms with E-state index in [9.17, 15) is 18.0 Å².